The summed E-state index contributed by atoms with van der Waals surface area (Å²) in [6, 6.07) is 17.4. The largest absolute Gasteiger partial charge is 0.493 e. The SMILES string of the molecule is C=C.CC.COc1cc(C(=O)N(CCN)Cc2cccs2)ccc1OCc1ccccc1C. The van der Waals surface area contributed by atoms with Crippen molar-refractivity contribution >= 4 is 17.2 Å². The molecule has 1 heterocycles. The molecule has 5 nitrogen and oxygen atoms in total. The molecule has 0 aliphatic rings. The van der Waals surface area contributed by atoms with E-state index in [0.29, 0.717) is 43.3 Å². The van der Waals surface area contributed by atoms with E-state index in [0.717, 1.165) is 10.4 Å². The third-order valence-electron chi connectivity index (χ3n) is 4.67. The van der Waals surface area contributed by atoms with Gasteiger partial charge in [-0.05, 0) is 47.7 Å². The number of thiophene rings is 1. The summed E-state index contributed by atoms with van der Waals surface area (Å²) in [6.07, 6.45) is 0. The molecule has 0 saturated carbocycles. The number of carbonyl (C=O) groups is 1. The van der Waals surface area contributed by atoms with Crippen molar-refractivity contribution in [3.8, 4) is 11.5 Å². The Labute approximate surface area is 202 Å². The zero-order valence-electron chi connectivity index (χ0n) is 20.2. The van der Waals surface area contributed by atoms with Gasteiger partial charge in [0.05, 0.1) is 13.7 Å². The molecule has 2 aromatic carbocycles. The van der Waals surface area contributed by atoms with Gasteiger partial charge in [-0.2, -0.15) is 0 Å². The van der Waals surface area contributed by atoms with Gasteiger partial charge in [-0.1, -0.05) is 44.2 Å². The van der Waals surface area contributed by atoms with Crippen molar-refractivity contribution in [2.75, 3.05) is 20.2 Å². The molecule has 0 aliphatic heterocycles. The first kappa shape index (κ1) is 27.9. The quantitative estimate of drug-likeness (QED) is 0.387. The summed E-state index contributed by atoms with van der Waals surface area (Å²) in [6.45, 7) is 13.9. The minimum absolute atomic E-state index is 0.0763. The Morgan fingerprint density at radius 2 is 1.79 bits per heavy atom. The maximum Gasteiger partial charge on any atom is 0.254 e. The lowest BCUT2D eigenvalue weighted by molar-refractivity contribution is 0.0749. The molecule has 0 bridgehead atoms. The van der Waals surface area contributed by atoms with Gasteiger partial charge >= 0.3 is 0 Å². The third-order valence-corrected chi connectivity index (χ3v) is 5.53. The van der Waals surface area contributed by atoms with Crippen molar-refractivity contribution in [2.24, 2.45) is 5.73 Å². The highest BCUT2D eigenvalue weighted by molar-refractivity contribution is 7.09. The summed E-state index contributed by atoms with van der Waals surface area (Å²) in [7, 11) is 1.58. The van der Waals surface area contributed by atoms with Gasteiger partial charge in [0.1, 0.15) is 6.61 Å². The van der Waals surface area contributed by atoms with Crippen molar-refractivity contribution in [1.29, 1.82) is 0 Å². The van der Waals surface area contributed by atoms with E-state index in [1.54, 1.807) is 41.5 Å². The average Bonchev–Trinajstić information content (AvgIpc) is 3.38. The topological polar surface area (TPSA) is 64.8 Å². The van der Waals surface area contributed by atoms with Gasteiger partial charge in [-0.25, -0.2) is 0 Å². The first-order valence-electron chi connectivity index (χ1n) is 11.0. The summed E-state index contributed by atoms with van der Waals surface area (Å²) in [4.78, 5) is 15.9. The number of hydrogen-bond acceptors (Lipinski definition) is 5. The normalized spacial score (nSPS) is 9.61. The molecule has 0 fully saturated rings. The Kier molecular flexibility index (Phi) is 13.3. The molecular formula is C27H36N2O3S. The van der Waals surface area contributed by atoms with Crippen LogP contribution in [0.25, 0.3) is 0 Å². The van der Waals surface area contributed by atoms with Crippen LogP contribution in [0.4, 0.5) is 0 Å². The molecule has 0 aliphatic carbocycles. The monoisotopic (exact) mass is 468 g/mol. The fourth-order valence-corrected chi connectivity index (χ4v) is 3.75. The fraction of sp³-hybridized carbons (Fsp3) is 0.296. The molecular weight excluding hydrogens is 432 g/mol. The molecule has 1 amide bonds. The van der Waals surface area contributed by atoms with E-state index in [4.69, 9.17) is 15.2 Å². The van der Waals surface area contributed by atoms with Crippen LogP contribution in [0.5, 0.6) is 11.5 Å². The number of nitrogens with zero attached hydrogens (tertiary/aromatic N) is 1. The first-order chi connectivity index (χ1) is 16.1. The third kappa shape index (κ3) is 8.40. The summed E-state index contributed by atoms with van der Waals surface area (Å²) < 4.78 is 11.4. The van der Waals surface area contributed by atoms with E-state index in [2.05, 4.69) is 26.1 Å². The molecule has 2 N–H and O–H groups in total. The molecule has 3 aromatic rings. The molecule has 6 heteroatoms. The van der Waals surface area contributed by atoms with Crippen LogP contribution >= 0.6 is 11.3 Å². The van der Waals surface area contributed by atoms with Gasteiger partial charge < -0.3 is 20.1 Å². The number of amides is 1. The highest BCUT2D eigenvalue weighted by atomic mass is 32.1. The smallest absolute Gasteiger partial charge is 0.254 e. The number of methoxy groups -OCH3 is 1. The number of nitrogens with two attached hydrogens (primary N) is 1. The van der Waals surface area contributed by atoms with Crippen molar-refractivity contribution in [3.63, 3.8) is 0 Å². The number of aryl methyl sites for hydroxylation is 1. The van der Waals surface area contributed by atoms with Crippen LogP contribution < -0.4 is 15.2 Å². The standard InChI is InChI=1S/C23H26N2O3S.C2H6.C2H4/c1-17-6-3-4-7-19(17)16-28-21-10-9-18(14-22(21)27-2)23(26)25(12-11-24)15-20-8-5-13-29-20;2*1-2/h3-10,13-14H,11-12,15-16,24H2,1-2H3;1-2H3;1-2H2. The second-order valence-electron chi connectivity index (χ2n) is 6.68. The highest BCUT2D eigenvalue weighted by Crippen LogP contribution is 2.30. The molecule has 33 heavy (non-hydrogen) atoms. The predicted molar refractivity (Wildman–Crippen MR) is 139 cm³/mol. The molecule has 1 aromatic heterocycles. The van der Waals surface area contributed by atoms with E-state index >= 15 is 0 Å². The van der Waals surface area contributed by atoms with E-state index in [-0.39, 0.29) is 5.91 Å². The molecule has 0 atom stereocenters. The van der Waals surface area contributed by atoms with Crippen molar-refractivity contribution in [1.82, 2.24) is 4.90 Å². The van der Waals surface area contributed by atoms with Crippen molar-refractivity contribution in [2.45, 2.75) is 33.9 Å². The summed E-state index contributed by atoms with van der Waals surface area (Å²) in [5, 5.41) is 2.00. The average molecular weight is 469 g/mol. The lowest BCUT2D eigenvalue weighted by Crippen LogP contribution is -2.34. The van der Waals surface area contributed by atoms with E-state index in [1.165, 1.54) is 5.56 Å². The summed E-state index contributed by atoms with van der Waals surface area (Å²) in [5.41, 5.74) is 8.56. The van der Waals surface area contributed by atoms with Gasteiger partial charge in [0.25, 0.3) is 5.91 Å². The Bertz CT molecular complexity index is 958. The summed E-state index contributed by atoms with van der Waals surface area (Å²) in [5.74, 6) is 1.07. The van der Waals surface area contributed by atoms with E-state index in [9.17, 15) is 4.79 Å². The van der Waals surface area contributed by atoms with Crippen LogP contribution in [-0.4, -0.2) is 31.0 Å². The molecule has 0 spiro atoms. The Hall–Kier alpha value is -3.09. The molecule has 0 radical (unpaired) electrons. The zero-order chi connectivity index (χ0) is 24.6. The molecule has 0 saturated heterocycles. The van der Waals surface area contributed by atoms with Gasteiger partial charge in [0, 0.05) is 23.5 Å². The summed E-state index contributed by atoms with van der Waals surface area (Å²) >= 11 is 1.63. The van der Waals surface area contributed by atoms with Gasteiger partial charge in [0.15, 0.2) is 11.5 Å². The first-order valence-corrected chi connectivity index (χ1v) is 11.9. The second-order valence-corrected chi connectivity index (χ2v) is 7.71. The predicted octanol–water partition coefficient (Wildman–Crippen LogP) is 6.07. The minimum Gasteiger partial charge on any atom is -0.493 e. The maximum absolute atomic E-state index is 13.0. The minimum atomic E-state index is -0.0763. The number of carbonyl (C=O) groups excluding carboxylic acids is 1. The molecule has 178 valence electrons. The Morgan fingerprint density at radius 3 is 2.39 bits per heavy atom. The van der Waals surface area contributed by atoms with Crippen LogP contribution in [0.15, 0.2) is 73.1 Å². The second kappa shape index (κ2) is 15.7. The van der Waals surface area contributed by atoms with Crippen LogP contribution in [-0.2, 0) is 13.2 Å². The number of hydrogen-bond donors (Lipinski definition) is 1. The molecule has 0 unspecified atom stereocenters. The lowest BCUT2D eigenvalue weighted by atomic mass is 10.1. The maximum atomic E-state index is 13.0. The van der Waals surface area contributed by atoms with Gasteiger partial charge in [0.2, 0.25) is 0 Å². The Morgan fingerprint density at radius 1 is 1.06 bits per heavy atom. The van der Waals surface area contributed by atoms with Crippen LogP contribution in [0.3, 0.4) is 0 Å². The van der Waals surface area contributed by atoms with E-state index < -0.39 is 0 Å². The highest BCUT2D eigenvalue weighted by Gasteiger charge is 2.18. The lowest BCUT2D eigenvalue weighted by Gasteiger charge is -2.22. The van der Waals surface area contributed by atoms with Crippen molar-refractivity contribution in [3.05, 3.63) is 94.7 Å². The van der Waals surface area contributed by atoms with Crippen LogP contribution in [0.2, 0.25) is 0 Å². The van der Waals surface area contributed by atoms with E-state index in [1.807, 2.05) is 49.6 Å². The fourth-order valence-electron chi connectivity index (χ4n) is 3.03. The van der Waals surface area contributed by atoms with Crippen LogP contribution in [0.1, 0.15) is 40.2 Å². The number of benzene rings is 2. The van der Waals surface area contributed by atoms with Gasteiger partial charge in [-0.3, -0.25) is 4.79 Å². The Balaban J connectivity index is 0.00000129. The number of ether oxygens (including phenoxy) is 2. The zero-order valence-corrected chi connectivity index (χ0v) is 21.0. The van der Waals surface area contributed by atoms with Crippen LogP contribution in [0, 0.1) is 6.92 Å². The number of rotatable bonds is 9. The van der Waals surface area contributed by atoms with Crippen molar-refractivity contribution < 1.29 is 14.3 Å². The van der Waals surface area contributed by atoms with Gasteiger partial charge in [-0.15, -0.1) is 24.5 Å². The molecule has 3 rings (SSSR count).